The van der Waals surface area contributed by atoms with Gasteiger partial charge in [0, 0.05) is 48.6 Å². The maximum atomic E-state index is 13.2. The maximum absolute atomic E-state index is 13.2. The van der Waals surface area contributed by atoms with Crippen LogP contribution in [0, 0.1) is 6.92 Å². The topological polar surface area (TPSA) is 99.2 Å². The Hall–Kier alpha value is -3.68. The fraction of sp³-hybridized carbons (Fsp3) is 0.200. The summed E-state index contributed by atoms with van der Waals surface area (Å²) in [4.78, 5) is 30.8. The van der Waals surface area contributed by atoms with Gasteiger partial charge in [-0.3, -0.25) is 19.8 Å². The van der Waals surface area contributed by atoms with Crippen molar-refractivity contribution in [1.82, 2.24) is 29.7 Å². The van der Waals surface area contributed by atoms with Crippen LogP contribution in [0.15, 0.2) is 47.4 Å². The number of carbonyl (C=O) groups is 1. The molecule has 0 radical (unpaired) electrons. The highest BCUT2D eigenvalue weighted by Gasteiger charge is 2.27. The van der Waals surface area contributed by atoms with Crippen molar-refractivity contribution < 1.29 is 4.79 Å². The Kier molecular flexibility index (Phi) is 3.65. The van der Waals surface area contributed by atoms with Gasteiger partial charge in [-0.15, -0.1) is 0 Å². The van der Waals surface area contributed by atoms with Crippen LogP contribution in [0.5, 0.6) is 0 Å². The van der Waals surface area contributed by atoms with Gasteiger partial charge < -0.3 is 4.90 Å². The minimum atomic E-state index is -0.242. The third-order valence-corrected chi connectivity index (χ3v) is 5.26. The molecule has 1 aromatic carbocycles. The quantitative estimate of drug-likeness (QED) is 0.560. The lowest BCUT2D eigenvalue weighted by molar-refractivity contribution is 0.0732. The van der Waals surface area contributed by atoms with Gasteiger partial charge in [-0.05, 0) is 6.92 Å². The van der Waals surface area contributed by atoms with Crippen molar-refractivity contribution in [3.05, 3.63) is 75.5 Å². The van der Waals surface area contributed by atoms with Crippen LogP contribution in [0.1, 0.15) is 27.3 Å². The van der Waals surface area contributed by atoms with Crippen LogP contribution in [0.25, 0.3) is 16.9 Å². The number of aryl methyl sites for hydroxylation is 1. The molecular weight excluding hydrogens is 356 g/mol. The van der Waals surface area contributed by atoms with E-state index in [4.69, 9.17) is 0 Å². The van der Waals surface area contributed by atoms with Crippen LogP contribution in [-0.4, -0.2) is 42.1 Å². The Bertz CT molecular complexity index is 1250. The summed E-state index contributed by atoms with van der Waals surface area (Å²) in [5.74, 6) is -0.104. The van der Waals surface area contributed by atoms with Gasteiger partial charge in [0.25, 0.3) is 11.5 Å². The molecule has 1 aliphatic heterocycles. The standard InChI is InChI=1S/C20H18N6O2/c1-12-14(10-21-17-9-18(27)24-26(12)17)20(28)25-8-7-16-15(11-25)19(23-22-16)13-5-3-2-4-6-13/h2-6,9-10H,7-8,11H2,1H3,(H,22,23)(H,24,27). The molecule has 0 spiro atoms. The predicted octanol–water partition coefficient (Wildman–Crippen LogP) is 1.92. The monoisotopic (exact) mass is 374 g/mol. The Balaban J connectivity index is 1.50. The molecule has 28 heavy (non-hydrogen) atoms. The second kappa shape index (κ2) is 6.19. The predicted molar refractivity (Wildman–Crippen MR) is 103 cm³/mol. The molecule has 0 saturated carbocycles. The summed E-state index contributed by atoms with van der Waals surface area (Å²) in [5, 5.41) is 10.3. The van der Waals surface area contributed by atoms with E-state index in [-0.39, 0.29) is 11.5 Å². The largest absolute Gasteiger partial charge is 0.334 e. The molecule has 1 aliphatic rings. The highest BCUT2D eigenvalue weighted by Crippen LogP contribution is 2.29. The number of aromatic amines is 2. The summed E-state index contributed by atoms with van der Waals surface area (Å²) in [6, 6.07) is 11.4. The lowest BCUT2D eigenvalue weighted by atomic mass is 10.0. The van der Waals surface area contributed by atoms with Gasteiger partial charge in [-0.1, -0.05) is 30.3 Å². The number of rotatable bonds is 2. The second-order valence-corrected chi connectivity index (χ2v) is 6.94. The van der Waals surface area contributed by atoms with Gasteiger partial charge in [0.15, 0.2) is 5.65 Å². The zero-order chi connectivity index (χ0) is 19.3. The first-order valence-corrected chi connectivity index (χ1v) is 9.10. The lowest BCUT2D eigenvalue weighted by Gasteiger charge is -2.27. The van der Waals surface area contributed by atoms with E-state index in [0.717, 1.165) is 28.9 Å². The normalized spacial score (nSPS) is 13.7. The zero-order valence-corrected chi connectivity index (χ0v) is 15.3. The van der Waals surface area contributed by atoms with Gasteiger partial charge in [0.1, 0.15) is 0 Å². The Labute approximate surface area is 159 Å². The summed E-state index contributed by atoms with van der Waals surface area (Å²) >= 11 is 0. The molecule has 0 bridgehead atoms. The molecule has 0 aliphatic carbocycles. The third kappa shape index (κ3) is 2.53. The first kappa shape index (κ1) is 16.5. The van der Waals surface area contributed by atoms with Crippen molar-refractivity contribution in [2.45, 2.75) is 19.9 Å². The summed E-state index contributed by atoms with van der Waals surface area (Å²) in [5.41, 5.74) is 5.43. The number of H-pyrrole nitrogens is 2. The summed E-state index contributed by atoms with van der Waals surface area (Å²) < 4.78 is 1.55. The fourth-order valence-electron chi connectivity index (χ4n) is 3.76. The molecule has 8 nitrogen and oxygen atoms in total. The first-order valence-electron chi connectivity index (χ1n) is 9.10. The summed E-state index contributed by atoms with van der Waals surface area (Å²) in [6.07, 6.45) is 2.26. The lowest BCUT2D eigenvalue weighted by Crippen LogP contribution is -2.36. The number of nitrogens with one attached hydrogen (secondary N) is 2. The van der Waals surface area contributed by atoms with Gasteiger partial charge in [-0.25, -0.2) is 9.50 Å². The molecule has 0 fully saturated rings. The van der Waals surface area contributed by atoms with E-state index in [1.807, 2.05) is 35.2 Å². The number of hydrogen-bond donors (Lipinski definition) is 2. The number of benzene rings is 1. The molecule has 2 N–H and O–H groups in total. The zero-order valence-electron chi connectivity index (χ0n) is 15.3. The smallest absolute Gasteiger partial charge is 0.266 e. The number of aromatic nitrogens is 5. The minimum Gasteiger partial charge on any atom is -0.334 e. The average molecular weight is 374 g/mol. The number of amides is 1. The van der Waals surface area contributed by atoms with Crippen LogP contribution in [0.3, 0.4) is 0 Å². The molecule has 0 unspecified atom stereocenters. The Morgan fingerprint density at radius 1 is 1.21 bits per heavy atom. The fourth-order valence-corrected chi connectivity index (χ4v) is 3.76. The van der Waals surface area contributed by atoms with Crippen LogP contribution in [0.2, 0.25) is 0 Å². The molecule has 3 aromatic heterocycles. The molecule has 8 heteroatoms. The molecule has 0 atom stereocenters. The van der Waals surface area contributed by atoms with E-state index < -0.39 is 0 Å². The maximum Gasteiger partial charge on any atom is 0.266 e. The van der Waals surface area contributed by atoms with Gasteiger partial charge >= 0.3 is 0 Å². The molecular formula is C20H18N6O2. The van der Waals surface area contributed by atoms with Crippen molar-refractivity contribution >= 4 is 11.6 Å². The van der Waals surface area contributed by atoms with Crippen LogP contribution in [-0.2, 0) is 13.0 Å². The SMILES string of the molecule is Cc1c(C(=O)N2CCc3[nH]nc(-c4ccccc4)c3C2)cnc2cc(=O)[nH]n12. The molecule has 4 heterocycles. The van der Waals surface area contributed by atoms with Crippen molar-refractivity contribution in [2.75, 3.05) is 6.54 Å². The van der Waals surface area contributed by atoms with E-state index >= 15 is 0 Å². The van der Waals surface area contributed by atoms with Crippen molar-refractivity contribution in [2.24, 2.45) is 0 Å². The number of fused-ring (bicyclic) bond motifs is 2. The van der Waals surface area contributed by atoms with Crippen molar-refractivity contribution in [1.29, 1.82) is 0 Å². The Morgan fingerprint density at radius 2 is 2.04 bits per heavy atom. The van der Waals surface area contributed by atoms with Crippen molar-refractivity contribution in [3.63, 3.8) is 0 Å². The minimum absolute atomic E-state index is 0.104. The number of carbonyl (C=O) groups excluding carboxylic acids is 1. The highest BCUT2D eigenvalue weighted by atomic mass is 16.2. The summed E-state index contributed by atoms with van der Waals surface area (Å²) in [6.45, 7) is 2.89. The van der Waals surface area contributed by atoms with Crippen LogP contribution < -0.4 is 5.56 Å². The molecule has 140 valence electrons. The second-order valence-electron chi connectivity index (χ2n) is 6.94. The number of hydrogen-bond acceptors (Lipinski definition) is 4. The van der Waals surface area contributed by atoms with Crippen LogP contribution >= 0.6 is 0 Å². The van der Waals surface area contributed by atoms with E-state index in [9.17, 15) is 9.59 Å². The van der Waals surface area contributed by atoms with E-state index in [1.165, 1.54) is 6.07 Å². The van der Waals surface area contributed by atoms with Crippen LogP contribution in [0.4, 0.5) is 0 Å². The third-order valence-electron chi connectivity index (χ3n) is 5.26. The average Bonchev–Trinajstić information content (AvgIpc) is 3.31. The van der Waals surface area contributed by atoms with Gasteiger partial charge in [0.05, 0.1) is 17.0 Å². The van der Waals surface area contributed by atoms with Crippen molar-refractivity contribution in [3.8, 4) is 11.3 Å². The van der Waals surface area contributed by atoms with E-state index in [2.05, 4.69) is 20.3 Å². The Morgan fingerprint density at radius 3 is 2.86 bits per heavy atom. The molecule has 4 aromatic rings. The van der Waals surface area contributed by atoms with Gasteiger partial charge in [-0.2, -0.15) is 5.10 Å². The first-order chi connectivity index (χ1) is 13.6. The van der Waals surface area contributed by atoms with Gasteiger partial charge in [0.2, 0.25) is 0 Å². The molecule has 5 rings (SSSR count). The van der Waals surface area contributed by atoms with E-state index in [1.54, 1.807) is 17.6 Å². The highest BCUT2D eigenvalue weighted by molar-refractivity contribution is 5.95. The molecule has 0 saturated heterocycles. The summed E-state index contributed by atoms with van der Waals surface area (Å²) in [7, 11) is 0. The molecule has 1 amide bonds. The van der Waals surface area contributed by atoms with E-state index in [0.29, 0.717) is 30.0 Å². The number of nitrogens with zero attached hydrogens (tertiary/aromatic N) is 4.